The first kappa shape index (κ1) is 13.7. The van der Waals surface area contributed by atoms with E-state index >= 15 is 0 Å². The molecule has 0 N–H and O–H groups in total. The molecule has 5 heteroatoms. The summed E-state index contributed by atoms with van der Waals surface area (Å²) in [5.41, 5.74) is -0.802. The summed E-state index contributed by atoms with van der Waals surface area (Å²) in [6, 6.07) is 1.92. The van der Waals surface area contributed by atoms with Crippen LogP contribution < -0.4 is 0 Å². The minimum atomic E-state index is -4.56. The molecule has 1 rings (SSSR count). The van der Waals surface area contributed by atoms with E-state index in [1.54, 1.807) is 13.8 Å². The fourth-order valence-electron chi connectivity index (χ4n) is 1.65. The topological polar surface area (TPSA) is 12.4 Å². The summed E-state index contributed by atoms with van der Waals surface area (Å²) in [7, 11) is 0. The Labute approximate surface area is 97.2 Å². The highest BCUT2D eigenvalue weighted by Gasteiger charge is 2.32. The van der Waals surface area contributed by atoms with Crippen molar-refractivity contribution in [1.29, 1.82) is 0 Å². The van der Waals surface area contributed by atoms with Crippen molar-refractivity contribution in [1.82, 2.24) is 0 Å². The second-order valence-electron chi connectivity index (χ2n) is 4.14. The van der Waals surface area contributed by atoms with Gasteiger partial charge in [-0.05, 0) is 36.4 Å². The Balaban J connectivity index is 3.26. The summed E-state index contributed by atoms with van der Waals surface area (Å²) in [6.45, 7) is 6.90. The Morgan fingerprint density at radius 3 is 2.18 bits per heavy atom. The molecule has 0 bridgehead atoms. The molecule has 0 aliphatic carbocycles. The van der Waals surface area contributed by atoms with E-state index in [0.717, 1.165) is 12.1 Å². The van der Waals surface area contributed by atoms with E-state index < -0.39 is 23.6 Å². The maximum atomic E-state index is 13.2. The molecule has 0 fully saturated rings. The minimum Gasteiger partial charge on any atom is -0.293 e. The number of aliphatic imine (C=N–C) groups is 1. The van der Waals surface area contributed by atoms with Crippen molar-refractivity contribution in [2.45, 2.75) is 26.1 Å². The van der Waals surface area contributed by atoms with Crippen LogP contribution in [0.4, 0.5) is 17.6 Å². The molecule has 1 aromatic rings. The fraction of sp³-hybridized carbons (Fsp3) is 0.417. The van der Waals surface area contributed by atoms with Crippen molar-refractivity contribution in [2.24, 2.45) is 10.9 Å². The first-order chi connectivity index (χ1) is 7.75. The van der Waals surface area contributed by atoms with Gasteiger partial charge >= 0.3 is 6.18 Å². The Morgan fingerprint density at radius 1 is 1.18 bits per heavy atom. The highest BCUT2D eigenvalue weighted by molar-refractivity contribution is 5.33. The van der Waals surface area contributed by atoms with E-state index in [0.29, 0.717) is 6.07 Å². The lowest BCUT2D eigenvalue weighted by Crippen LogP contribution is -2.10. The lowest BCUT2D eigenvalue weighted by atomic mass is 9.95. The molecule has 1 unspecified atom stereocenters. The van der Waals surface area contributed by atoms with Gasteiger partial charge in [0.1, 0.15) is 5.82 Å². The molecule has 94 valence electrons. The molecule has 0 spiro atoms. The van der Waals surface area contributed by atoms with Gasteiger partial charge in [-0.2, -0.15) is 13.2 Å². The number of nitrogens with zero attached hydrogens (tertiary/aromatic N) is 1. The first-order valence-corrected chi connectivity index (χ1v) is 5.09. The third-order valence-electron chi connectivity index (χ3n) is 2.42. The lowest BCUT2D eigenvalue weighted by molar-refractivity contribution is -0.137. The van der Waals surface area contributed by atoms with Crippen LogP contribution in [0.2, 0.25) is 0 Å². The van der Waals surface area contributed by atoms with Gasteiger partial charge in [-0.25, -0.2) is 4.39 Å². The summed E-state index contributed by atoms with van der Waals surface area (Å²) in [6.07, 6.45) is -4.56. The number of benzene rings is 1. The summed E-state index contributed by atoms with van der Waals surface area (Å²) >= 11 is 0. The Morgan fingerprint density at radius 2 is 1.76 bits per heavy atom. The second kappa shape index (κ2) is 4.85. The molecule has 0 aliphatic rings. The highest BCUT2D eigenvalue weighted by atomic mass is 19.4. The maximum absolute atomic E-state index is 13.2. The van der Waals surface area contributed by atoms with Crippen molar-refractivity contribution in [3.63, 3.8) is 0 Å². The first-order valence-electron chi connectivity index (χ1n) is 5.09. The molecular formula is C12H13F4N. The monoisotopic (exact) mass is 247 g/mol. The molecule has 0 aromatic heterocycles. The van der Waals surface area contributed by atoms with Gasteiger partial charge in [0.15, 0.2) is 0 Å². The normalized spacial score (nSPS) is 13.8. The van der Waals surface area contributed by atoms with Crippen LogP contribution in [0.3, 0.4) is 0 Å². The number of alkyl halides is 3. The summed E-state index contributed by atoms with van der Waals surface area (Å²) in [4.78, 5) is 3.74. The van der Waals surface area contributed by atoms with Gasteiger partial charge in [-0.1, -0.05) is 13.8 Å². The Hall–Kier alpha value is -1.39. The third-order valence-corrected chi connectivity index (χ3v) is 2.42. The van der Waals surface area contributed by atoms with Gasteiger partial charge in [-0.15, -0.1) is 0 Å². The molecule has 1 atom stereocenters. The van der Waals surface area contributed by atoms with Crippen LogP contribution >= 0.6 is 0 Å². The minimum absolute atomic E-state index is 0.0459. The molecule has 0 saturated heterocycles. The van der Waals surface area contributed by atoms with E-state index in [2.05, 4.69) is 11.7 Å². The van der Waals surface area contributed by atoms with E-state index in [1.807, 2.05) is 0 Å². The van der Waals surface area contributed by atoms with Gasteiger partial charge < -0.3 is 0 Å². The summed E-state index contributed by atoms with van der Waals surface area (Å²) in [5, 5.41) is 0. The van der Waals surface area contributed by atoms with Crippen LogP contribution in [-0.4, -0.2) is 6.72 Å². The molecule has 0 amide bonds. The van der Waals surface area contributed by atoms with Crippen LogP contribution in [0, 0.1) is 11.7 Å². The van der Waals surface area contributed by atoms with E-state index in [-0.39, 0.29) is 11.5 Å². The fourth-order valence-corrected chi connectivity index (χ4v) is 1.65. The zero-order chi connectivity index (χ0) is 13.2. The largest absolute Gasteiger partial charge is 0.416 e. The van der Waals surface area contributed by atoms with Crippen LogP contribution in [0.15, 0.2) is 23.2 Å². The van der Waals surface area contributed by atoms with Crippen molar-refractivity contribution < 1.29 is 17.6 Å². The molecule has 0 saturated carbocycles. The molecule has 17 heavy (non-hydrogen) atoms. The predicted octanol–water partition coefficient (Wildman–Crippen LogP) is 4.24. The Bertz CT molecular complexity index is 409. The van der Waals surface area contributed by atoms with Gasteiger partial charge in [-0.3, -0.25) is 4.99 Å². The van der Waals surface area contributed by atoms with Crippen LogP contribution in [-0.2, 0) is 6.18 Å². The van der Waals surface area contributed by atoms with Crippen molar-refractivity contribution in [2.75, 3.05) is 0 Å². The van der Waals surface area contributed by atoms with Crippen LogP contribution in [0.25, 0.3) is 0 Å². The molecule has 0 radical (unpaired) electrons. The molecule has 0 aliphatic heterocycles. The summed E-state index contributed by atoms with van der Waals surface area (Å²) in [5.74, 6) is -0.959. The van der Waals surface area contributed by atoms with Crippen molar-refractivity contribution in [3.8, 4) is 0 Å². The molecule has 1 nitrogen and oxygen atoms in total. The molecular weight excluding hydrogens is 234 g/mol. The quantitative estimate of drug-likeness (QED) is 0.559. The van der Waals surface area contributed by atoms with Gasteiger partial charge in [0.05, 0.1) is 11.6 Å². The smallest absolute Gasteiger partial charge is 0.293 e. The van der Waals surface area contributed by atoms with Crippen molar-refractivity contribution in [3.05, 3.63) is 35.1 Å². The van der Waals surface area contributed by atoms with Gasteiger partial charge in [0.25, 0.3) is 0 Å². The van der Waals surface area contributed by atoms with Crippen molar-refractivity contribution >= 4 is 6.72 Å². The maximum Gasteiger partial charge on any atom is 0.416 e. The zero-order valence-electron chi connectivity index (χ0n) is 9.55. The molecule has 0 heterocycles. The van der Waals surface area contributed by atoms with Crippen LogP contribution in [0.5, 0.6) is 0 Å². The van der Waals surface area contributed by atoms with E-state index in [1.165, 1.54) is 0 Å². The average molecular weight is 247 g/mol. The highest BCUT2D eigenvalue weighted by Crippen LogP contribution is 2.34. The average Bonchev–Trinajstić information content (AvgIpc) is 2.15. The van der Waals surface area contributed by atoms with Crippen LogP contribution in [0.1, 0.15) is 31.0 Å². The predicted molar refractivity (Wildman–Crippen MR) is 58.5 cm³/mol. The summed E-state index contributed by atoms with van der Waals surface area (Å²) < 4.78 is 50.7. The molecule has 1 aromatic carbocycles. The SMILES string of the molecule is C=NC(c1cc(F)cc(C(F)(F)F)c1)C(C)C. The number of hydrogen-bond acceptors (Lipinski definition) is 1. The standard InChI is InChI=1S/C12H13F4N/c1-7(2)11(17-3)8-4-9(12(14,15)16)6-10(13)5-8/h4-7,11H,3H2,1-2H3. The van der Waals surface area contributed by atoms with Gasteiger partial charge in [0, 0.05) is 0 Å². The Kier molecular flexibility index (Phi) is 3.91. The van der Waals surface area contributed by atoms with E-state index in [9.17, 15) is 17.6 Å². The zero-order valence-corrected chi connectivity index (χ0v) is 9.55. The second-order valence-corrected chi connectivity index (χ2v) is 4.14. The number of halogens is 4. The number of rotatable bonds is 3. The van der Waals surface area contributed by atoms with E-state index in [4.69, 9.17) is 0 Å². The number of hydrogen-bond donors (Lipinski definition) is 0. The third kappa shape index (κ3) is 3.28. The lowest BCUT2D eigenvalue weighted by Gasteiger charge is -2.18. The van der Waals surface area contributed by atoms with Gasteiger partial charge in [0.2, 0.25) is 0 Å².